The Kier molecular flexibility index (Phi) is 5.13. The molecule has 2 aliphatic heterocycles. The van der Waals surface area contributed by atoms with E-state index in [-0.39, 0.29) is 17.7 Å². The zero-order valence-electron chi connectivity index (χ0n) is 16.0. The van der Waals surface area contributed by atoms with Crippen LogP contribution in [0, 0.1) is 0 Å². The van der Waals surface area contributed by atoms with Crippen LogP contribution in [0.4, 0.5) is 5.69 Å². The minimum absolute atomic E-state index is 0.0434. The molecule has 0 bridgehead atoms. The van der Waals surface area contributed by atoms with Gasteiger partial charge in [0.15, 0.2) is 0 Å². The fourth-order valence-corrected chi connectivity index (χ4v) is 4.19. The molecule has 2 fully saturated rings. The van der Waals surface area contributed by atoms with Crippen LogP contribution in [0.3, 0.4) is 0 Å². The van der Waals surface area contributed by atoms with E-state index < -0.39 is 5.92 Å². The standard InChI is InChI=1S/C20H25N5O3/c1-24-19-13(18(23-24)14-8-9-16(26)22-20(14)28)6-5-7-15(19)21-17(27)12-25-10-3-2-4-11-25/h5-7,14H,2-4,8-12H2,1H3,(H,21,27)(H,22,26,28). The van der Waals surface area contributed by atoms with Crippen molar-refractivity contribution in [3.05, 3.63) is 23.9 Å². The van der Waals surface area contributed by atoms with Gasteiger partial charge in [-0.1, -0.05) is 18.6 Å². The van der Waals surface area contributed by atoms with Crippen molar-refractivity contribution in [1.29, 1.82) is 0 Å². The molecule has 0 radical (unpaired) electrons. The Labute approximate surface area is 163 Å². The molecule has 2 N–H and O–H groups in total. The molecule has 0 saturated carbocycles. The number of rotatable bonds is 4. The highest BCUT2D eigenvalue weighted by Crippen LogP contribution is 2.33. The molecule has 4 rings (SSSR count). The Hall–Kier alpha value is -2.74. The third-order valence-electron chi connectivity index (χ3n) is 5.55. The van der Waals surface area contributed by atoms with Crippen molar-refractivity contribution in [2.24, 2.45) is 7.05 Å². The molecule has 8 heteroatoms. The molecular weight excluding hydrogens is 358 g/mol. The summed E-state index contributed by atoms with van der Waals surface area (Å²) in [4.78, 5) is 38.5. The molecule has 2 saturated heterocycles. The third-order valence-corrected chi connectivity index (χ3v) is 5.55. The van der Waals surface area contributed by atoms with Crippen LogP contribution in [0.15, 0.2) is 18.2 Å². The number of nitrogens with zero attached hydrogens (tertiary/aromatic N) is 3. The molecule has 28 heavy (non-hydrogen) atoms. The van der Waals surface area contributed by atoms with E-state index in [1.54, 1.807) is 11.7 Å². The number of fused-ring (bicyclic) bond motifs is 1. The van der Waals surface area contributed by atoms with Gasteiger partial charge in [-0.05, 0) is 38.4 Å². The molecule has 1 aromatic heterocycles. The van der Waals surface area contributed by atoms with Crippen molar-refractivity contribution in [2.45, 2.75) is 38.0 Å². The highest BCUT2D eigenvalue weighted by atomic mass is 16.2. The Bertz CT molecular complexity index is 929. The van der Waals surface area contributed by atoms with Crippen molar-refractivity contribution in [3.63, 3.8) is 0 Å². The highest BCUT2D eigenvalue weighted by Gasteiger charge is 2.32. The van der Waals surface area contributed by atoms with Crippen LogP contribution < -0.4 is 10.6 Å². The minimum Gasteiger partial charge on any atom is -0.323 e. The molecule has 3 heterocycles. The quantitative estimate of drug-likeness (QED) is 0.781. The number of nitrogens with one attached hydrogen (secondary N) is 2. The van der Waals surface area contributed by atoms with Gasteiger partial charge in [0.2, 0.25) is 17.7 Å². The summed E-state index contributed by atoms with van der Waals surface area (Å²) in [7, 11) is 1.80. The average molecular weight is 383 g/mol. The number of hydrogen-bond acceptors (Lipinski definition) is 5. The number of piperidine rings is 2. The fourth-order valence-electron chi connectivity index (χ4n) is 4.19. The Morgan fingerprint density at radius 3 is 2.79 bits per heavy atom. The average Bonchev–Trinajstić information content (AvgIpc) is 3.00. The molecule has 0 spiro atoms. The van der Waals surface area contributed by atoms with E-state index in [9.17, 15) is 14.4 Å². The predicted octanol–water partition coefficient (Wildman–Crippen LogP) is 1.52. The summed E-state index contributed by atoms with van der Waals surface area (Å²) in [5.41, 5.74) is 2.12. The number of aromatic nitrogens is 2. The monoisotopic (exact) mass is 383 g/mol. The first kappa shape index (κ1) is 18.6. The van der Waals surface area contributed by atoms with Gasteiger partial charge in [0, 0.05) is 18.9 Å². The lowest BCUT2D eigenvalue weighted by Gasteiger charge is -2.25. The molecular formula is C20H25N5O3. The van der Waals surface area contributed by atoms with Crippen LogP contribution >= 0.6 is 0 Å². The van der Waals surface area contributed by atoms with Gasteiger partial charge in [0.25, 0.3) is 0 Å². The summed E-state index contributed by atoms with van der Waals surface area (Å²) in [5, 5.41) is 10.8. The minimum atomic E-state index is -0.458. The van der Waals surface area contributed by atoms with E-state index in [1.165, 1.54) is 6.42 Å². The summed E-state index contributed by atoms with van der Waals surface area (Å²) in [6, 6.07) is 5.62. The number of hydrogen-bond donors (Lipinski definition) is 2. The van der Waals surface area contributed by atoms with E-state index in [0.29, 0.717) is 30.8 Å². The smallest absolute Gasteiger partial charge is 0.238 e. The summed E-state index contributed by atoms with van der Waals surface area (Å²) < 4.78 is 1.70. The van der Waals surface area contributed by atoms with Crippen LogP contribution in [-0.2, 0) is 21.4 Å². The zero-order chi connectivity index (χ0) is 19.7. The predicted molar refractivity (Wildman–Crippen MR) is 105 cm³/mol. The maximum Gasteiger partial charge on any atom is 0.238 e. The lowest BCUT2D eigenvalue weighted by molar-refractivity contribution is -0.134. The van der Waals surface area contributed by atoms with Crippen LogP contribution in [0.1, 0.15) is 43.7 Å². The van der Waals surface area contributed by atoms with Gasteiger partial charge < -0.3 is 5.32 Å². The second-order valence-electron chi connectivity index (χ2n) is 7.60. The van der Waals surface area contributed by atoms with Gasteiger partial charge in [-0.2, -0.15) is 5.10 Å². The first-order valence-corrected chi connectivity index (χ1v) is 9.84. The third kappa shape index (κ3) is 3.64. The Morgan fingerprint density at radius 2 is 2.04 bits per heavy atom. The van der Waals surface area contributed by atoms with Crippen molar-refractivity contribution >= 4 is 34.3 Å². The van der Waals surface area contributed by atoms with Crippen molar-refractivity contribution in [3.8, 4) is 0 Å². The number of carbonyl (C=O) groups excluding carboxylic acids is 3. The zero-order valence-corrected chi connectivity index (χ0v) is 16.0. The summed E-state index contributed by atoms with van der Waals surface area (Å²) in [5.74, 6) is -1.05. The van der Waals surface area contributed by atoms with Crippen LogP contribution in [-0.4, -0.2) is 52.0 Å². The Balaban J connectivity index is 1.58. The van der Waals surface area contributed by atoms with E-state index in [2.05, 4.69) is 20.6 Å². The van der Waals surface area contributed by atoms with Crippen molar-refractivity contribution in [2.75, 3.05) is 25.0 Å². The molecule has 2 aromatic rings. The lowest BCUT2D eigenvalue weighted by atomic mass is 9.92. The van der Waals surface area contributed by atoms with E-state index in [4.69, 9.17) is 0 Å². The summed E-state index contributed by atoms with van der Waals surface area (Å²) in [6.07, 6.45) is 4.26. The number of imide groups is 1. The first-order valence-electron chi connectivity index (χ1n) is 9.84. The van der Waals surface area contributed by atoms with Crippen LogP contribution in [0.25, 0.3) is 10.9 Å². The van der Waals surface area contributed by atoms with Gasteiger partial charge in [-0.25, -0.2) is 0 Å². The SMILES string of the molecule is Cn1nc(C2CCC(=O)NC2=O)c2cccc(NC(=O)CN3CCCCC3)c21. The number of likely N-dealkylation sites (tertiary alicyclic amines) is 1. The second kappa shape index (κ2) is 7.71. The fraction of sp³-hybridized carbons (Fsp3) is 0.500. The number of amides is 3. The maximum absolute atomic E-state index is 12.5. The topological polar surface area (TPSA) is 96.3 Å². The lowest BCUT2D eigenvalue weighted by Crippen LogP contribution is -2.39. The largest absolute Gasteiger partial charge is 0.323 e. The molecule has 148 valence electrons. The molecule has 1 atom stereocenters. The number of carbonyl (C=O) groups is 3. The maximum atomic E-state index is 12.5. The molecule has 2 aliphatic rings. The Morgan fingerprint density at radius 1 is 1.25 bits per heavy atom. The highest BCUT2D eigenvalue weighted by molar-refractivity contribution is 6.05. The summed E-state index contributed by atoms with van der Waals surface area (Å²) in [6.45, 7) is 2.31. The van der Waals surface area contributed by atoms with Crippen LogP contribution in [0.2, 0.25) is 0 Å². The van der Waals surface area contributed by atoms with Crippen molar-refractivity contribution in [1.82, 2.24) is 20.0 Å². The van der Waals surface area contributed by atoms with Gasteiger partial charge in [-0.3, -0.25) is 29.3 Å². The van der Waals surface area contributed by atoms with E-state index >= 15 is 0 Å². The molecule has 1 aromatic carbocycles. The second-order valence-corrected chi connectivity index (χ2v) is 7.60. The van der Waals surface area contributed by atoms with Gasteiger partial charge >= 0.3 is 0 Å². The van der Waals surface area contributed by atoms with Crippen molar-refractivity contribution < 1.29 is 14.4 Å². The number of aryl methyl sites for hydroxylation is 1. The normalized spacial score (nSPS) is 21.0. The molecule has 1 unspecified atom stereocenters. The molecule has 3 amide bonds. The van der Waals surface area contributed by atoms with Crippen LogP contribution in [0.5, 0.6) is 0 Å². The number of para-hydroxylation sites is 1. The van der Waals surface area contributed by atoms with Gasteiger partial charge in [0.05, 0.1) is 29.4 Å². The number of benzene rings is 1. The van der Waals surface area contributed by atoms with E-state index in [0.717, 1.165) is 36.8 Å². The first-order chi connectivity index (χ1) is 13.5. The summed E-state index contributed by atoms with van der Waals surface area (Å²) >= 11 is 0. The molecule has 0 aliphatic carbocycles. The number of anilines is 1. The molecule has 8 nitrogen and oxygen atoms in total. The van der Waals surface area contributed by atoms with Gasteiger partial charge in [0.1, 0.15) is 0 Å². The van der Waals surface area contributed by atoms with Gasteiger partial charge in [-0.15, -0.1) is 0 Å². The van der Waals surface area contributed by atoms with E-state index in [1.807, 2.05) is 18.2 Å².